The number of aryl methyl sites for hydroxylation is 3. The maximum Gasteiger partial charge on any atom is 0.254 e. The second kappa shape index (κ2) is 6.39. The summed E-state index contributed by atoms with van der Waals surface area (Å²) in [4.78, 5) is 21.1. The molecular weight excluding hydrogens is 342 g/mol. The molecule has 4 aromatic rings. The minimum atomic E-state index is -0.107. The third kappa shape index (κ3) is 2.99. The Morgan fingerprint density at radius 1 is 1.22 bits per heavy atom. The van der Waals surface area contributed by atoms with Crippen LogP contribution in [0.3, 0.4) is 0 Å². The number of nitrogens with two attached hydrogens (primary N) is 1. The number of rotatable bonds is 4. The van der Waals surface area contributed by atoms with Crippen LogP contribution in [0.15, 0.2) is 30.5 Å². The first-order valence-electron chi connectivity index (χ1n) is 8.83. The first kappa shape index (κ1) is 17.0. The van der Waals surface area contributed by atoms with Crippen LogP contribution in [0, 0.1) is 13.8 Å². The van der Waals surface area contributed by atoms with Gasteiger partial charge in [-0.05, 0) is 45.0 Å². The van der Waals surface area contributed by atoms with Crippen LogP contribution in [-0.2, 0) is 17.8 Å². The molecule has 1 aromatic carbocycles. The number of nitrogen functional groups attached to an aromatic ring is 1. The Balaban J connectivity index is 1.58. The molecule has 3 heterocycles. The Morgan fingerprint density at radius 2 is 2.04 bits per heavy atom. The zero-order valence-electron chi connectivity index (χ0n) is 15.5. The van der Waals surface area contributed by atoms with Crippen LogP contribution in [-0.4, -0.2) is 30.1 Å². The third-order valence-corrected chi connectivity index (χ3v) is 4.80. The molecule has 138 valence electrons. The van der Waals surface area contributed by atoms with Crippen molar-refractivity contribution >= 4 is 34.2 Å². The number of hydrogen-bond acceptors (Lipinski definition) is 5. The number of nitrogens with one attached hydrogen (secondary N) is 1. The van der Waals surface area contributed by atoms with Gasteiger partial charge in [0.05, 0.1) is 6.42 Å². The van der Waals surface area contributed by atoms with E-state index in [0.717, 1.165) is 40.1 Å². The molecule has 0 saturated carbocycles. The fourth-order valence-electron chi connectivity index (χ4n) is 3.40. The van der Waals surface area contributed by atoms with Crippen molar-refractivity contribution in [2.45, 2.75) is 33.7 Å². The van der Waals surface area contributed by atoms with Gasteiger partial charge >= 0.3 is 0 Å². The number of anilines is 2. The van der Waals surface area contributed by atoms with Gasteiger partial charge in [0, 0.05) is 46.3 Å². The van der Waals surface area contributed by atoms with E-state index in [9.17, 15) is 4.79 Å². The molecule has 0 aliphatic heterocycles. The minimum absolute atomic E-state index is 0.107. The highest BCUT2D eigenvalue weighted by atomic mass is 16.1. The predicted molar refractivity (Wildman–Crippen MR) is 105 cm³/mol. The van der Waals surface area contributed by atoms with Crippen LogP contribution in [0.4, 0.5) is 11.6 Å². The fraction of sp³-hybridized carbons (Fsp3) is 0.263. The lowest BCUT2D eigenvalue weighted by molar-refractivity contribution is -0.115. The van der Waals surface area contributed by atoms with Crippen molar-refractivity contribution in [2.75, 3.05) is 11.1 Å². The molecule has 8 heteroatoms. The number of hydrogen-bond donors (Lipinski definition) is 2. The van der Waals surface area contributed by atoms with Crippen molar-refractivity contribution in [1.29, 1.82) is 0 Å². The van der Waals surface area contributed by atoms with Crippen LogP contribution in [0.5, 0.6) is 0 Å². The van der Waals surface area contributed by atoms with E-state index in [1.54, 1.807) is 4.52 Å². The molecule has 0 atom stereocenters. The number of nitrogens with zero attached hydrogens (tertiary/aromatic N) is 5. The molecular formula is C19H21N7O. The van der Waals surface area contributed by atoms with Gasteiger partial charge in [0.2, 0.25) is 11.9 Å². The maximum atomic E-state index is 12.6. The van der Waals surface area contributed by atoms with Gasteiger partial charge in [-0.3, -0.25) is 4.79 Å². The Kier molecular flexibility index (Phi) is 4.02. The zero-order valence-corrected chi connectivity index (χ0v) is 15.5. The number of carbonyl (C=O) groups is 1. The molecule has 0 aliphatic rings. The van der Waals surface area contributed by atoms with E-state index >= 15 is 0 Å². The summed E-state index contributed by atoms with van der Waals surface area (Å²) in [6.45, 7) is 6.77. The number of amides is 1. The van der Waals surface area contributed by atoms with Crippen LogP contribution in [0.2, 0.25) is 0 Å². The SMILES string of the molecule is CCn1ccc2cc(NC(=O)Cc3c(C)nc4nc(N)nn4c3C)ccc21. The van der Waals surface area contributed by atoms with Gasteiger partial charge in [-0.2, -0.15) is 9.50 Å². The van der Waals surface area contributed by atoms with Gasteiger partial charge in [0.15, 0.2) is 0 Å². The van der Waals surface area contributed by atoms with Gasteiger partial charge < -0.3 is 15.6 Å². The highest BCUT2D eigenvalue weighted by Gasteiger charge is 2.15. The summed E-state index contributed by atoms with van der Waals surface area (Å²) in [7, 11) is 0. The third-order valence-electron chi connectivity index (χ3n) is 4.80. The van der Waals surface area contributed by atoms with E-state index < -0.39 is 0 Å². The summed E-state index contributed by atoms with van der Waals surface area (Å²) in [5, 5.41) is 8.21. The van der Waals surface area contributed by atoms with Crippen LogP contribution >= 0.6 is 0 Å². The van der Waals surface area contributed by atoms with E-state index in [-0.39, 0.29) is 18.3 Å². The van der Waals surface area contributed by atoms with E-state index in [2.05, 4.69) is 37.9 Å². The van der Waals surface area contributed by atoms with Gasteiger partial charge in [0.25, 0.3) is 5.78 Å². The van der Waals surface area contributed by atoms with Crippen molar-refractivity contribution < 1.29 is 4.79 Å². The average molecular weight is 363 g/mol. The lowest BCUT2D eigenvalue weighted by atomic mass is 10.1. The van der Waals surface area contributed by atoms with Gasteiger partial charge in [-0.25, -0.2) is 4.98 Å². The van der Waals surface area contributed by atoms with Crippen molar-refractivity contribution in [3.05, 3.63) is 47.4 Å². The molecule has 3 aromatic heterocycles. The fourth-order valence-corrected chi connectivity index (χ4v) is 3.40. The van der Waals surface area contributed by atoms with Gasteiger partial charge in [-0.1, -0.05) is 0 Å². The highest BCUT2D eigenvalue weighted by Crippen LogP contribution is 2.21. The predicted octanol–water partition coefficient (Wildman–Crippen LogP) is 2.48. The van der Waals surface area contributed by atoms with Crippen molar-refractivity contribution in [1.82, 2.24) is 24.1 Å². The molecule has 8 nitrogen and oxygen atoms in total. The smallest absolute Gasteiger partial charge is 0.254 e. The second-order valence-corrected chi connectivity index (χ2v) is 6.54. The quantitative estimate of drug-likeness (QED) is 0.580. The topological polar surface area (TPSA) is 103 Å². The Bertz CT molecular complexity index is 1170. The molecule has 0 bridgehead atoms. The summed E-state index contributed by atoms with van der Waals surface area (Å²) in [5.41, 5.74) is 9.97. The standard InChI is InChI=1S/C19H21N7O/c1-4-25-8-7-13-9-14(5-6-16(13)25)22-17(27)10-15-11(2)21-19-23-18(20)24-26(19)12(15)3/h5-9H,4,10H2,1-3H3,(H2,20,24)(H,22,27). The molecule has 0 saturated heterocycles. The van der Waals surface area contributed by atoms with E-state index in [1.807, 2.05) is 38.2 Å². The number of aromatic nitrogens is 5. The van der Waals surface area contributed by atoms with Gasteiger partial charge in [-0.15, -0.1) is 5.10 Å². The molecule has 1 amide bonds. The average Bonchev–Trinajstić information content (AvgIpc) is 3.20. The summed E-state index contributed by atoms with van der Waals surface area (Å²) >= 11 is 0. The normalized spacial score (nSPS) is 11.4. The lowest BCUT2D eigenvalue weighted by Crippen LogP contribution is -2.17. The number of benzene rings is 1. The van der Waals surface area contributed by atoms with Gasteiger partial charge in [0.1, 0.15) is 0 Å². The van der Waals surface area contributed by atoms with Crippen LogP contribution < -0.4 is 11.1 Å². The molecule has 0 spiro atoms. The minimum Gasteiger partial charge on any atom is -0.366 e. The summed E-state index contributed by atoms with van der Waals surface area (Å²) in [5.74, 6) is 0.501. The van der Waals surface area contributed by atoms with Crippen molar-refractivity contribution in [2.24, 2.45) is 0 Å². The van der Waals surface area contributed by atoms with Crippen LogP contribution in [0.25, 0.3) is 16.7 Å². The first-order valence-corrected chi connectivity index (χ1v) is 8.83. The summed E-state index contributed by atoms with van der Waals surface area (Å²) in [6.07, 6.45) is 2.25. The lowest BCUT2D eigenvalue weighted by Gasteiger charge is -2.11. The van der Waals surface area contributed by atoms with Crippen molar-refractivity contribution in [3.8, 4) is 0 Å². The maximum absolute atomic E-state index is 12.6. The monoisotopic (exact) mass is 363 g/mol. The Labute approximate surface area is 156 Å². The van der Waals surface area contributed by atoms with Crippen LogP contribution in [0.1, 0.15) is 23.9 Å². The van der Waals surface area contributed by atoms with Crippen molar-refractivity contribution in [3.63, 3.8) is 0 Å². The molecule has 0 aliphatic carbocycles. The Hall–Kier alpha value is -3.42. The first-order chi connectivity index (χ1) is 13.0. The molecule has 0 radical (unpaired) electrons. The van der Waals surface area contributed by atoms with E-state index in [1.165, 1.54) is 0 Å². The van der Waals surface area contributed by atoms with E-state index in [0.29, 0.717) is 5.78 Å². The summed E-state index contributed by atoms with van der Waals surface area (Å²) < 4.78 is 3.74. The second-order valence-electron chi connectivity index (χ2n) is 6.54. The molecule has 27 heavy (non-hydrogen) atoms. The number of fused-ring (bicyclic) bond motifs is 2. The summed E-state index contributed by atoms with van der Waals surface area (Å²) in [6, 6.07) is 7.98. The molecule has 3 N–H and O–H groups in total. The molecule has 0 unspecified atom stereocenters. The van der Waals surface area contributed by atoms with E-state index in [4.69, 9.17) is 5.73 Å². The molecule has 0 fully saturated rings. The highest BCUT2D eigenvalue weighted by molar-refractivity contribution is 5.95. The number of carbonyl (C=O) groups excluding carboxylic acids is 1. The zero-order chi connectivity index (χ0) is 19.1. The molecule has 4 rings (SSSR count). The largest absolute Gasteiger partial charge is 0.366 e. The Morgan fingerprint density at radius 3 is 2.81 bits per heavy atom.